The Bertz CT molecular complexity index is 654. The Morgan fingerprint density at radius 1 is 0.710 bits per heavy atom. The number of piperazine rings is 1. The summed E-state index contributed by atoms with van der Waals surface area (Å²) >= 11 is 0. The lowest BCUT2D eigenvalue weighted by Crippen LogP contribution is -2.55. The molecular formula is C28H48N2O. The maximum absolute atomic E-state index is 12.5. The van der Waals surface area contributed by atoms with Crippen LogP contribution in [0.25, 0.3) is 0 Å². The van der Waals surface area contributed by atoms with Gasteiger partial charge < -0.3 is 10.2 Å². The summed E-state index contributed by atoms with van der Waals surface area (Å²) in [5.74, 6) is 0.296. The molecule has 1 heterocycles. The fraction of sp³-hybridized carbons (Fsp3) is 0.679. The van der Waals surface area contributed by atoms with Gasteiger partial charge in [0.05, 0.1) is 0 Å². The van der Waals surface area contributed by atoms with Crippen molar-refractivity contribution in [3.8, 4) is 0 Å². The summed E-state index contributed by atoms with van der Waals surface area (Å²) in [7, 11) is 0. The quantitative estimate of drug-likeness (QED) is 0.336. The third-order valence-electron chi connectivity index (χ3n) is 5.92. The molecule has 1 aliphatic heterocycles. The lowest BCUT2D eigenvalue weighted by atomic mass is 10.0. The molecule has 176 valence electrons. The molecular weight excluding hydrogens is 380 g/mol. The van der Waals surface area contributed by atoms with Gasteiger partial charge in [-0.3, -0.25) is 4.79 Å². The zero-order valence-electron chi connectivity index (χ0n) is 21.4. The van der Waals surface area contributed by atoms with Crippen LogP contribution in [0.3, 0.4) is 0 Å². The summed E-state index contributed by atoms with van der Waals surface area (Å²) in [6, 6.07) is 0.781. The number of carbonyl (C=O) groups excluding carboxylic acids is 1. The van der Waals surface area contributed by atoms with E-state index in [0.717, 1.165) is 51.6 Å². The summed E-state index contributed by atoms with van der Waals surface area (Å²) in [5.41, 5.74) is 5.79. The van der Waals surface area contributed by atoms with Gasteiger partial charge in [-0.05, 0) is 93.4 Å². The van der Waals surface area contributed by atoms with Gasteiger partial charge >= 0.3 is 0 Å². The summed E-state index contributed by atoms with van der Waals surface area (Å²) in [6.07, 6.45) is 17.7. The zero-order valence-corrected chi connectivity index (χ0v) is 21.4. The monoisotopic (exact) mass is 428 g/mol. The van der Waals surface area contributed by atoms with Crippen molar-refractivity contribution in [1.82, 2.24) is 10.2 Å². The Morgan fingerprint density at radius 2 is 1.10 bits per heavy atom. The van der Waals surface area contributed by atoms with E-state index in [2.05, 4.69) is 78.1 Å². The Balaban J connectivity index is 2.24. The van der Waals surface area contributed by atoms with E-state index in [0.29, 0.717) is 24.4 Å². The fourth-order valence-electron chi connectivity index (χ4n) is 4.12. The number of hydrogen-bond acceptors (Lipinski definition) is 2. The lowest BCUT2D eigenvalue weighted by Gasteiger charge is -2.36. The molecule has 0 aliphatic carbocycles. The molecule has 0 aromatic heterocycles. The minimum atomic E-state index is 0.296. The molecule has 2 atom stereocenters. The van der Waals surface area contributed by atoms with Crippen LogP contribution < -0.4 is 5.32 Å². The third kappa shape index (κ3) is 13.4. The van der Waals surface area contributed by atoms with Crippen LogP contribution >= 0.6 is 0 Å². The Morgan fingerprint density at radius 3 is 1.52 bits per heavy atom. The molecule has 1 amide bonds. The van der Waals surface area contributed by atoms with Gasteiger partial charge in [0.15, 0.2) is 0 Å². The summed E-state index contributed by atoms with van der Waals surface area (Å²) in [6.45, 7) is 17.0. The highest BCUT2D eigenvalue weighted by Gasteiger charge is 2.23. The molecule has 3 heteroatoms. The molecule has 1 saturated heterocycles. The van der Waals surface area contributed by atoms with Gasteiger partial charge in [0.2, 0.25) is 5.91 Å². The lowest BCUT2D eigenvalue weighted by molar-refractivity contribution is -0.132. The standard InChI is InChI=1S/C28H48N2O/c1-22(2)12-8-13-23(3)14-9-15-24(4)16-10-17-25(5)18-11-19-28(31)30-20-26(6)29-27(7)21-30/h12,14,16,18,26-27,29H,8-11,13,15,17,19-21H2,1-7H3. The van der Waals surface area contributed by atoms with Crippen LogP contribution in [-0.4, -0.2) is 36.0 Å². The molecule has 1 N–H and O–H groups in total. The van der Waals surface area contributed by atoms with Gasteiger partial charge in [0.1, 0.15) is 0 Å². The maximum atomic E-state index is 12.5. The van der Waals surface area contributed by atoms with Crippen molar-refractivity contribution >= 4 is 5.91 Å². The minimum Gasteiger partial charge on any atom is -0.340 e. The highest BCUT2D eigenvalue weighted by molar-refractivity contribution is 5.76. The zero-order chi connectivity index (χ0) is 23.2. The first-order chi connectivity index (χ1) is 14.7. The predicted molar refractivity (Wildman–Crippen MR) is 136 cm³/mol. The number of amides is 1. The number of allylic oxidation sites excluding steroid dienone is 8. The molecule has 0 aromatic rings. The van der Waals surface area contributed by atoms with Gasteiger partial charge in [-0.25, -0.2) is 0 Å². The van der Waals surface area contributed by atoms with Gasteiger partial charge in [-0.15, -0.1) is 0 Å². The van der Waals surface area contributed by atoms with Crippen molar-refractivity contribution < 1.29 is 4.79 Å². The van der Waals surface area contributed by atoms with Crippen LogP contribution in [0.1, 0.15) is 99.8 Å². The Kier molecular flexibility index (Phi) is 13.5. The molecule has 2 unspecified atom stereocenters. The normalized spacial score (nSPS) is 20.7. The van der Waals surface area contributed by atoms with Crippen molar-refractivity contribution in [2.45, 2.75) is 112 Å². The summed E-state index contributed by atoms with van der Waals surface area (Å²) in [4.78, 5) is 14.5. The Hall–Kier alpha value is -1.61. The molecule has 3 nitrogen and oxygen atoms in total. The van der Waals surface area contributed by atoms with E-state index < -0.39 is 0 Å². The largest absolute Gasteiger partial charge is 0.340 e. The van der Waals surface area contributed by atoms with Gasteiger partial charge in [0.25, 0.3) is 0 Å². The molecule has 0 aromatic carbocycles. The van der Waals surface area contributed by atoms with E-state index in [1.165, 1.54) is 28.7 Å². The highest BCUT2D eigenvalue weighted by atomic mass is 16.2. The predicted octanol–water partition coefficient (Wildman–Crippen LogP) is 7.12. The van der Waals surface area contributed by atoms with E-state index >= 15 is 0 Å². The van der Waals surface area contributed by atoms with E-state index in [1.807, 2.05) is 4.90 Å². The van der Waals surface area contributed by atoms with Crippen LogP contribution in [0.2, 0.25) is 0 Å². The average molecular weight is 429 g/mol. The SMILES string of the molecule is CC(C)=CCCC(C)=CCCC(C)=CCCC(C)=CCCC(=O)N1CC(C)NC(C)C1. The number of nitrogens with one attached hydrogen (secondary N) is 1. The van der Waals surface area contributed by atoms with Crippen molar-refractivity contribution in [3.05, 3.63) is 46.6 Å². The first kappa shape index (κ1) is 27.4. The molecule has 31 heavy (non-hydrogen) atoms. The second kappa shape index (κ2) is 15.2. The second-order valence-corrected chi connectivity index (χ2v) is 9.86. The smallest absolute Gasteiger partial charge is 0.222 e. The third-order valence-corrected chi connectivity index (χ3v) is 5.92. The first-order valence-electron chi connectivity index (χ1n) is 12.3. The topological polar surface area (TPSA) is 32.3 Å². The van der Waals surface area contributed by atoms with Gasteiger partial charge in [-0.1, -0.05) is 46.6 Å². The van der Waals surface area contributed by atoms with Crippen LogP contribution in [-0.2, 0) is 4.79 Å². The summed E-state index contributed by atoms with van der Waals surface area (Å²) < 4.78 is 0. The number of rotatable bonds is 12. The fourth-order valence-corrected chi connectivity index (χ4v) is 4.12. The van der Waals surface area contributed by atoms with Crippen LogP contribution in [0, 0.1) is 0 Å². The second-order valence-electron chi connectivity index (χ2n) is 9.86. The molecule has 1 rings (SSSR count). The minimum absolute atomic E-state index is 0.296. The van der Waals surface area contributed by atoms with Gasteiger partial charge in [0, 0.05) is 31.6 Å². The van der Waals surface area contributed by atoms with E-state index in [1.54, 1.807) is 0 Å². The van der Waals surface area contributed by atoms with E-state index in [-0.39, 0.29) is 0 Å². The molecule has 0 radical (unpaired) electrons. The van der Waals surface area contributed by atoms with Crippen LogP contribution in [0.5, 0.6) is 0 Å². The van der Waals surface area contributed by atoms with Crippen molar-refractivity contribution in [2.24, 2.45) is 0 Å². The summed E-state index contributed by atoms with van der Waals surface area (Å²) in [5, 5.41) is 3.48. The number of nitrogens with zero attached hydrogens (tertiary/aromatic N) is 1. The number of carbonyl (C=O) groups is 1. The van der Waals surface area contributed by atoms with Crippen LogP contribution in [0.15, 0.2) is 46.6 Å². The van der Waals surface area contributed by atoms with Crippen molar-refractivity contribution in [3.63, 3.8) is 0 Å². The Labute approximate surface area is 192 Å². The molecule has 1 fully saturated rings. The maximum Gasteiger partial charge on any atom is 0.222 e. The molecule has 0 saturated carbocycles. The highest BCUT2D eigenvalue weighted by Crippen LogP contribution is 2.14. The van der Waals surface area contributed by atoms with E-state index in [4.69, 9.17) is 0 Å². The van der Waals surface area contributed by atoms with E-state index in [9.17, 15) is 4.79 Å². The molecule has 1 aliphatic rings. The van der Waals surface area contributed by atoms with Gasteiger partial charge in [-0.2, -0.15) is 0 Å². The molecule has 0 bridgehead atoms. The first-order valence-corrected chi connectivity index (χ1v) is 12.3. The molecule has 0 spiro atoms. The van der Waals surface area contributed by atoms with Crippen molar-refractivity contribution in [2.75, 3.05) is 13.1 Å². The van der Waals surface area contributed by atoms with Crippen molar-refractivity contribution in [1.29, 1.82) is 0 Å². The number of hydrogen-bond donors (Lipinski definition) is 1. The van der Waals surface area contributed by atoms with Crippen LogP contribution in [0.4, 0.5) is 0 Å². The average Bonchev–Trinajstić information content (AvgIpc) is 2.66.